The Kier molecular flexibility index (Phi) is 3.06. The van der Waals surface area contributed by atoms with Crippen molar-refractivity contribution in [2.75, 3.05) is 0 Å². The molecule has 2 aromatic rings. The van der Waals surface area contributed by atoms with E-state index < -0.39 is 0 Å². The second kappa shape index (κ2) is 4.67. The lowest BCUT2D eigenvalue weighted by Crippen LogP contribution is -2.10. The molecule has 2 rings (SSSR count). The third-order valence-electron chi connectivity index (χ3n) is 2.64. The minimum absolute atomic E-state index is 0.0856. The van der Waals surface area contributed by atoms with Crippen LogP contribution in [0.5, 0.6) is 0 Å². The van der Waals surface area contributed by atoms with Gasteiger partial charge in [-0.1, -0.05) is 67.2 Å². The van der Waals surface area contributed by atoms with Crippen LogP contribution in [0.2, 0.25) is 0 Å². The molecule has 0 aliphatic heterocycles. The van der Waals surface area contributed by atoms with Crippen LogP contribution in [0.3, 0.4) is 0 Å². The van der Waals surface area contributed by atoms with Crippen LogP contribution in [0.15, 0.2) is 72.9 Å². The van der Waals surface area contributed by atoms with Gasteiger partial charge in [0.05, 0.1) is 0 Å². The predicted octanol–water partition coefficient (Wildman–Crippen LogP) is 3.29. The molecule has 0 radical (unpaired) electrons. The van der Waals surface area contributed by atoms with E-state index in [1.165, 1.54) is 11.1 Å². The van der Waals surface area contributed by atoms with Crippen LogP contribution in [-0.2, 0) is 0 Å². The fourth-order valence-corrected chi connectivity index (χ4v) is 1.91. The lowest BCUT2D eigenvalue weighted by molar-refractivity contribution is 0.934. The fraction of sp³-hybridized carbons (Fsp3) is 0.0667. The number of hydrogen-bond acceptors (Lipinski definition) is 1. The monoisotopic (exact) mass is 209 g/mol. The van der Waals surface area contributed by atoms with E-state index >= 15 is 0 Å². The first kappa shape index (κ1) is 10.5. The summed E-state index contributed by atoms with van der Waals surface area (Å²) < 4.78 is 0. The molecule has 0 atom stereocenters. The quantitative estimate of drug-likeness (QED) is 0.824. The van der Waals surface area contributed by atoms with Gasteiger partial charge < -0.3 is 5.73 Å². The van der Waals surface area contributed by atoms with E-state index in [1.807, 2.05) is 36.4 Å². The van der Waals surface area contributed by atoms with E-state index in [4.69, 9.17) is 5.73 Å². The minimum Gasteiger partial charge on any atom is -0.402 e. The first-order valence-electron chi connectivity index (χ1n) is 5.33. The van der Waals surface area contributed by atoms with Gasteiger partial charge in [0.1, 0.15) is 0 Å². The molecule has 1 heteroatoms. The zero-order valence-electron chi connectivity index (χ0n) is 9.14. The van der Waals surface area contributed by atoms with E-state index in [1.54, 1.807) is 0 Å². The average molecular weight is 209 g/mol. The molecule has 0 unspecified atom stereocenters. The summed E-state index contributed by atoms with van der Waals surface area (Å²) in [5.41, 5.74) is 8.95. The maximum atomic E-state index is 5.91. The molecule has 2 N–H and O–H groups in total. The molecule has 16 heavy (non-hydrogen) atoms. The smallest absolute Gasteiger partial charge is 0.0479 e. The first-order chi connectivity index (χ1) is 7.79. The number of rotatable bonds is 3. The lowest BCUT2D eigenvalue weighted by Gasteiger charge is -2.17. The second-order valence-corrected chi connectivity index (χ2v) is 3.83. The fourth-order valence-electron chi connectivity index (χ4n) is 1.91. The van der Waals surface area contributed by atoms with Crippen LogP contribution in [0.4, 0.5) is 0 Å². The summed E-state index contributed by atoms with van der Waals surface area (Å²) in [4.78, 5) is 0. The highest BCUT2D eigenvalue weighted by Crippen LogP contribution is 2.27. The number of hydrogen-bond donors (Lipinski definition) is 1. The molecule has 0 saturated carbocycles. The molecule has 0 aliphatic carbocycles. The van der Waals surface area contributed by atoms with E-state index in [0.717, 1.165) is 0 Å². The molecule has 0 fully saturated rings. The van der Waals surface area contributed by atoms with E-state index in [9.17, 15) is 0 Å². The molecule has 1 nitrogen and oxygen atoms in total. The van der Waals surface area contributed by atoms with Gasteiger partial charge in [-0.15, -0.1) is 0 Å². The van der Waals surface area contributed by atoms with Gasteiger partial charge >= 0.3 is 0 Å². The van der Waals surface area contributed by atoms with Gasteiger partial charge in [-0.2, -0.15) is 0 Å². The molecule has 80 valence electrons. The van der Waals surface area contributed by atoms with Gasteiger partial charge in [0.2, 0.25) is 0 Å². The Balaban J connectivity index is 2.44. The van der Waals surface area contributed by atoms with Crippen molar-refractivity contribution in [3.8, 4) is 0 Å². The van der Waals surface area contributed by atoms with Gasteiger partial charge in [-0.25, -0.2) is 0 Å². The van der Waals surface area contributed by atoms with Crippen LogP contribution in [0, 0.1) is 0 Å². The summed E-state index contributed by atoms with van der Waals surface area (Å²) in [6, 6.07) is 20.4. The topological polar surface area (TPSA) is 26.0 Å². The van der Waals surface area contributed by atoms with E-state index in [2.05, 4.69) is 30.8 Å². The second-order valence-electron chi connectivity index (χ2n) is 3.83. The van der Waals surface area contributed by atoms with Crippen molar-refractivity contribution in [1.29, 1.82) is 0 Å². The van der Waals surface area contributed by atoms with Crippen LogP contribution in [0.1, 0.15) is 17.0 Å². The van der Waals surface area contributed by atoms with Crippen molar-refractivity contribution in [3.63, 3.8) is 0 Å². The van der Waals surface area contributed by atoms with E-state index in [-0.39, 0.29) is 5.92 Å². The lowest BCUT2D eigenvalue weighted by atomic mass is 9.89. The Bertz CT molecular complexity index is 420. The highest BCUT2D eigenvalue weighted by Gasteiger charge is 2.14. The Morgan fingerprint density at radius 2 is 1.19 bits per heavy atom. The van der Waals surface area contributed by atoms with Crippen molar-refractivity contribution >= 4 is 0 Å². The molecular weight excluding hydrogens is 194 g/mol. The summed E-state index contributed by atoms with van der Waals surface area (Å²) in [7, 11) is 0. The van der Waals surface area contributed by atoms with Crippen molar-refractivity contribution in [1.82, 2.24) is 0 Å². The molecule has 0 spiro atoms. The van der Waals surface area contributed by atoms with Gasteiger partial charge in [0.25, 0.3) is 0 Å². The Labute approximate surface area is 96.2 Å². The maximum absolute atomic E-state index is 5.91. The van der Waals surface area contributed by atoms with Gasteiger partial charge in [-0.05, 0) is 11.1 Å². The summed E-state index contributed by atoms with van der Waals surface area (Å²) in [6.45, 7) is 3.89. The first-order valence-corrected chi connectivity index (χ1v) is 5.33. The highest BCUT2D eigenvalue weighted by atomic mass is 14.6. The molecule has 0 saturated heterocycles. The Morgan fingerprint density at radius 3 is 1.50 bits per heavy atom. The van der Waals surface area contributed by atoms with Gasteiger partial charge in [-0.3, -0.25) is 0 Å². The zero-order chi connectivity index (χ0) is 11.4. The molecule has 2 aromatic carbocycles. The largest absolute Gasteiger partial charge is 0.402 e. The summed E-state index contributed by atoms with van der Waals surface area (Å²) >= 11 is 0. The highest BCUT2D eigenvalue weighted by molar-refractivity contribution is 5.38. The average Bonchev–Trinajstić information content (AvgIpc) is 2.31. The van der Waals surface area contributed by atoms with Crippen LogP contribution >= 0.6 is 0 Å². The summed E-state index contributed by atoms with van der Waals surface area (Å²) in [5, 5.41) is 0. The normalized spacial score (nSPS) is 10.3. The summed E-state index contributed by atoms with van der Waals surface area (Å²) in [6.07, 6.45) is 0. The third kappa shape index (κ3) is 2.14. The van der Waals surface area contributed by atoms with Crippen molar-refractivity contribution in [2.45, 2.75) is 5.92 Å². The Hall–Kier alpha value is -2.02. The van der Waals surface area contributed by atoms with Crippen molar-refractivity contribution in [2.24, 2.45) is 5.73 Å². The van der Waals surface area contributed by atoms with Crippen LogP contribution < -0.4 is 5.73 Å². The SMILES string of the molecule is C=C(N)C(c1ccccc1)c1ccccc1. The molecule has 0 aromatic heterocycles. The Morgan fingerprint density at radius 1 is 0.812 bits per heavy atom. The summed E-state index contributed by atoms with van der Waals surface area (Å²) in [5.74, 6) is 0.0856. The predicted molar refractivity (Wildman–Crippen MR) is 68.1 cm³/mol. The van der Waals surface area contributed by atoms with Crippen LogP contribution in [0.25, 0.3) is 0 Å². The van der Waals surface area contributed by atoms with Gasteiger partial charge in [0.15, 0.2) is 0 Å². The number of nitrogens with two attached hydrogens (primary N) is 1. The minimum atomic E-state index is 0.0856. The third-order valence-corrected chi connectivity index (χ3v) is 2.64. The van der Waals surface area contributed by atoms with E-state index in [0.29, 0.717) is 5.70 Å². The molecule has 0 bridgehead atoms. The standard InChI is InChI=1S/C15H15N/c1-12(16)15(13-8-4-2-5-9-13)14-10-6-3-7-11-14/h2-11,15H,1,16H2. The van der Waals surface area contributed by atoms with Crippen LogP contribution in [-0.4, -0.2) is 0 Å². The zero-order valence-corrected chi connectivity index (χ0v) is 9.14. The van der Waals surface area contributed by atoms with Gasteiger partial charge in [0, 0.05) is 11.6 Å². The number of allylic oxidation sites excluding steroid dienone is 1. The molecule has 0 aliphatic rings. The van der Waals surface area contributed by atoms with Crippen molar-refractivity contribution in [3.05, 3.63) is 84.1 Å². The number of benzene rings is 2. The van der Waals surface area contributed by atoms with Crippen molar-refractivity contribution < 1.29 is 0 Å². The maximum Gasteiger partial charge on any atom is 0.0479 e. The molecular formula is C15H15N. The molecule has 0 amide bonds. The molecule has 0 heterocycles.